The highest BCUT2D eigenvalue weighted by molar-refractivity contribution is 5.78. The molecule has 0 aromatic carbocycles. The molecule has 4 heteroatoms. The molecule has 2 aliphatic rings. The SMILES string of the molecule is C[C@H]1C=C(C#N)O[C@@H](N2CCCC2=O)C1. The van der Waals surface area contributed by atoms with E-state index in [1.807, 2.05) is 19.1 Å². The van der Waals surface area contributed by atoms with Crippen LogP contribution < -0.4 is 0 Å². The first kappa shape index (κ1) is 10.0. The first-order valence-electron chi connectivity index (χ1n) is 5.28. The quantitative estimate of drug-likeness (QED) is 0.651. The third kappa shape index (κ3) is 1.96. The van der Waals surface area contributed by atoms with Crippen LogP contribution in [-0.2, 0) is 9.53 Å². The summed E-state index contributed by atoms with van der Waals surface area (Å²) in [5.74, 6) is 0.789. The van der Waals surface area contributed by atoms with Crippen LogP contribution in [0.4, 0.5) is 0 Å². The molecule has 0 N–H and O–H groups in total. The van der Waals surface area contributed by atoms with Gasteiger partial charge in [0.1, 0.15) is 6.07 Å². The number of carbonyl (C=O) groups is 1. The molecule has 0 aromatic heterocycles. The van der Waals surface area contributed by atoms with Crippen molar-refractivity contribution in [1.82, 2.24) is 4.90 Å². The number of amides is 1. The molecule has 1 saturated heterocycles. The minimum absolute atomic E-state index is 0.145. The van der Waals surface area contributed by atoms with Crippen molar-refractivity contribution in [2.75, 3.05) is 6.54 Å². The highest BCUT2D eigenvalue weighted by atomic mass is 16.5. The summed E-state index contributed by atoms with van der Waals surface area (Å²) in [7, 11) is 0. The summed E-state index contributed by atoms with van der Waals surface area (Å²) in [6.07, 6.45) is 3.89. The molecule has 0 aliphatic carbocycles. The number of allylic oxidation sites excluding steroid dienone is 2. The van der Waals surface area contributed by atoms with Crippen molar-refractivity contribution in [1.29, 1.82) is 5.26 Å². The number of nitrogens with zero attached hydrogens (tertiary/aromatic N) is 2. The maximum absolute atomic E-state index is 11.5. The zero-order chi connectivity index (χ0) is 10.8. The lowest BCUT2D eigenvalue weighted by Gasteiger charge is -2.32. The third-order valence-electron chi connectivity index (χ3n) is 2.84. The summed E-state index contributed by atoms with van der Waals surface area (Å²) >= 11 is 0. The lowest BCUT2D eigenvalue weighted by molar-refractivity contribution is -0.139. The summed E-state index contributed by atoms with van der Waals surface area (Å²) in [5, 5.41) is 8.79. The molecule has 2 aliphatic heterocycles. The van der Waals surface area contributed by atoms with Crippen molar-refractivity contribution in [3.63, 3.8) is 0 Å². The Kier molecular flexibility index (Phi) is 2.63. The number of hydrogen-bond acceptors (Lipinski definition) is 3. The Morgan fingerprint density at radius 1 is 1.67 bits per heavy atom. The van der Waals surface area contributed by atoms with Gasteiger partial charge >= 0.3 is 0 Å². The van der Waals surface area contributed by atoms with Gasteiger partial charge in [-0.3, -0.25) is 4.79 Å². The van der Waals surface area contributed by atoms with E-state index in [1.165, 1.54) is 0 Å². The van der Waals surface area contributed by atoms with Gasteiger partial charge in [0, 0.05) is 19.4 Å². The fourth-order valence-electron chi connectivity index (χ4n) is 2.11. The average molecular weight is 206 g/mol. The van der Waals surface area contributed by atoms with Gasteiger partial charge in [-0.1, -0.05) is 6.92 Å². The molecule has 0 spiro atoms. The van der Waals surface area contributed by atoms with Crippen LogP contribution in [0.3, 0.4) is 0 Å². The van der Waals surface area contributed by atoms with Crippen molar-refractivity contribution >= 4 is 5.91 Å². The summed E-state index contributed by atoms with van der Waals surface area (Å²) < 4.78 is 5.47. The fourth-order valence-corrected chi connectivity index (χ4v) is 2.11. The van der Waals surface area contributed by atoms with E-state index in [1.54, 1.807) is 4.90 Å². The van der Waals surface area contributed by atoms with E-state index in [0.29, 0.717) is 18.1 Å². The van der Waals surface area contributed by atoms with Gasteiger partial charge in [-0.05, 0) is 18.4 Å². The summed E-state index contributed by atoms with van der Waals surface area (Å²) in [6.45, 7) is 2.79. The average Bonchev–Trinajstić information content (AvgIpc) is 2.63. The van der Waals surface area contributed by atoms with Crippen LogP contribution in [0.15, 0.2) is 11.8 Å². The number of likely N-dealkylation sites (tertiary alicyclic amines) is 1. The summed E-state index contributed by atoms with van der Waals surface area (Å²) in [6, 6.07) is 2.00. The molecule has 2 atom stereocenters. The number of carbonyl (C=O) groups excluding carboxylic acids is 1. The summed E-state index contributed by atoms with van der Waals surface area (Å²) in [5.41, 5.74) is 0. The Balaban J connectivity index is 2.09. The molecule has 4 nitrogen and oxygen atoms in total. The van der Waals surface area contributed by atoms with E-state index in [0.717, 1.165) is 19.4 Å². The van der Waals surface area contributed by atoms with Crippen LogP contribution in [0, 0.1) is 17.2 Å². The van der Waals surface area contributed by atoms with E-state index in [2.05, 4.69) is 0 Å². The zero-order valence-electron chi connectivity index (χ0n) is 8.77. The Labute approximate surface area is 89.1 Å². The number of nitriles is 1. The second kappa shape index (κ2) is 3.93. The van der Waals surface area contributed by atoms with Crippen LogP contribution >= 0.6 is 0 Å². The van der Waals surface area contributed by atoms with Crippen LogP contribution in [0.2, 0.25) is 0 Å². The Hall–Kier alpha value is -1.50. The second-order valence-corrected chi connectivity index (χ2v) is 4.12. The third-order valence-corrected chi connectivity index (χ3v) is 2.84. The minimum atomic E-state index is -0.227. The molecule has 2 heterocycles. The monoisotopic (exact) mass is 206 g/mol. The van der Waals surface area contributed by atoms with Gasteiger partial charge in [0.2, 0.25) is 5.91 Å². The topological polar surface area (TPSA) is 53.3 Å². The molecule has 0 unspecified atom stereocenters. The van der Waals surface area contributed by atoms with Crippen LogP contribution in [0.25, 0.3) is 0 Å². The van der Waals surface area contributed by atoms with Gasteiger partial charge in [0.25, 0.3) is 0 Å². The van der Waals surface area contributed by atoms with E-state index in [4.69, 9.17) is 10.00 Å². The van der Waals surface area contributed by atoms with Crippen molar-refractivity contribution in [3.05, 3.63) is 11.8 Å². The minimum Gasteiger partial charge on any atom is -0.460 e. The van der Waals surface area contributed by atoms with Gasteiger partial charge in [-0.2, -0.15) is 5.26 Å². The maximum Gasteiger partial charge on any atom is 0.225 e. The lowest BCUT2D eigenvalue weighted by Crippen LogP contribution is -2.40. The molecule has 0 bridgehead atoms. The van der Waals surface area contributed by atoms with Gasteiger partial charge in [0.05, 0.1) is 0 Å². The Morgan fingerprint density at radius 2 is 2.47 bits per heavy atom. The first-order valence-corrected chi connectivity index (χ1v) is 5.28. The molecule has 0 radical (unpaired) electrons. The van der Waals surface area contributed by atoms with Crippen molar-refractivity contribution in [3.8, 4) is 6.07 Å². The van der Waals surface area contributed by atoms with Gasteiger partial charge in [0.15, 0.2) is 12.0 Å². The summed E-state index contributed by atoms with van der Waals surface area (Å²) in [4.78, 5) is 13.3. The predicted octanol–water partition coefficient (Wildman–Crippen LogP) is 1.40. The fraction of sp³-hybridized carbons (Fsp3) is 0.636. The number of rotatable bonds is 1. The molecular formula is C11H14N2O2. The highest BCUT2D eigenvalue weighted by Crippen LogP contribution is 2.26. The maximum atomic E-state index is 11.5. The van der Waals surface area contributed by atoms with Crippen molar-refractivity contribution in [2.24, 2.45) is 5.92 Å². The Morgan fingerprint density at radius 3 is 3.07 bits per heavy atom. The van der Waals surface area contributed by atoms with E-state index >= 15 is 0 Å². The normalized spacial score (nSPS) is 30.8. The Bertz CT molecular complexity index is 343. The van der Waals surface area contributed by atoms with E-state index in [-0.39, 0.29) is 12.1 Å². The number of hydrogen-bond donors (Lipinski definition) is 0. The van der Waals surface area contributed by atoms with Crippen molar-refractivity contribution in [2.45, 2.75) is 32.4 Å². The van der Waals surface area contributed by atoms with Crippen molar-refractivity contribution < 1.29 is 9.53 Å². The number of ether oxygens (including phenoxy) is 1. The molecule has 0 saturated carbocycles. The highest BCUT2D eigenvalue weighted by Gasteiger charge is 2.32. The smallest absolute Gasteiger partial charge is 0.225 e. The first-order chi connectivity index (χ1) is 7.20. The standard InChI is InChI=1S/C11H14N2O2/c1-8-5-9(7-12)15-11(6-8)13-4-2-3-10(13)14/h5,8,11H,2-4,6H2,1H3/t8-,11+/m0/s1. The van der Waals surface area contributed by atoms with E-state index in [9.17, 15) is 4.79 Å². The molecule has 1 amide bonds. The molecule has 80 valence electrons. The van der Waals surface area contributed by atoms with Crippen LogP contribution in [0.1, 0.15) is 26.2 Å². The van der Waals surface area contributed by atoms with E-state index < -0.39 is 0 Å². The van der Waals surface area contributed by atoms with Gasteiger partial charge in [-0.25, -0.2) is 0 Å². The van der Waals surface area contributed by atoms with Gasteiger partial charge in [-0.15, -0.1) is 0 Å². The van der Waals surface area contributed by atoms with Crippen LogP contribution in [0.5, 0.6) is 0 Å². The molecule has 0 aromatic rings. The molecule has 15 heavy (non-hydrogen) atoms. The largest absolute Gasteiger partial charge is 0.460 e. The van der Waals surface area contributed by atoms with Crippen LogP contribution in [-0.4, -0.2) is 23.6 Å². The predicted molar refractivity (Wildman–Crippen MR) is 53.3 cm³/mol. The lowest BCUT2D eigenvalue weighted by atomic mass is 10.0. The molecule has 2 rings (SSSR count). The zero-order valence-corrected chi connectivity index (χ0v) is 8.77. The molecular weight excluding hydrogens is 192 g/mol. The molecule has 1 fully saturated rings. The van der Waals surface area contributed by atoms with Gasteiger partial charge < -0.3 is 9.64 Å². The second-order valence-electron chi connectivity index (χ2n) is 4.12.